The van der Waals surface area contributed by atoms with Crippen LogP contribution in [0.1, 0.15) is 15.9 Å². The van der Waals surface area contributed by atoms with Crippen LogP contribution in [-0.4, -0.2) is 39.1 Å². The first kappa shape index (κ1) is 16.3. The highest BCUT2D eigenvalue weighted by Crippen LogP contribution is 2.16. The zero-order valence-electron chi connectivity index (χ0n) is 13.5. The van der Waals surface area contributed by atoms with Gasteiger partial charge >= 0.3 is 0 Å². The van der Waals surface area contributed by atoms with Gasteiger partial charge in [0.05, 0.1) is 23.4 Å². The summed E-state index contributed by atoms with van der Waals surface area (Å²) in [5.74, 6) is -0.451. The third-order valence-electron chi connectivity index (χ3n) is 3.59. The number of amides is 2. The molecule has 2 N–H and O–H groups in total. The summed E-state index contributed by atoms with van der Waals surface area (Å²) in [6.07, 6.45) is 1.69. The average molecular weight is 336 g/mol. The summed E-state index contributed by atoms with van der Waals surface area (Å²) in [5, 5.41) is 16.3. The van der Waals surface area contributed by atoms with E-state index in [0.29, 0.717) is 11.3 Å². The number of benzene rings is 2. The van der Waals surface area contributed by atoms with Crippen LogP contribution in [-0.2, 0) is 11.2 Å². The van der Waals surface area contributed by atoms with Crippen LogP contribution in [0.2, 0.25) is 0 Å². The van der Waals surface area contributed by atoms with Crippen LogP contribution in [0.25, 0.3) is 5.69 Å². The van der Waals surface area contributed by atoms with Crippen molar-refractivity contribution in [2.45, 2.75) is 6.42 Å². The quantitative estimate of drug-likeness (QED) is 0.729. The number of hydrogen-bond donors (Lipinski definition) is 2. The lowest BCUT2D eigenvalue weighted by Crippen LogP contribution is -2.22. The van der Waals surface area contributed by atoms with E-state index in [1.165, 1.54) is 11.0 Å². The minimum absolute atomic E-state index is 0.192. The van der Waals surface area contributed by atoms with Crippen molar-refractivity contribution in [3.05, 3.63) is 66.0 Å². The zero-order chi connectivity index (χ0) is 17.6. The van der Waals surface area contributed by atoms with Gasteiger partial charge in [0.1, 0.15) is 6.33 Å². The number of carbonyl (C=O) groups is 2. The largest absolute Gasteiger partial charge is 0.355 e. The van der Waals surface area contributed by atoms with Gasteiger partial charge in [-0.2, -0.15) is 0 Å². The van der Waals surface area contributed by atoms with Gasteiger partial charge in [0.25, 0.3) is 5.91 Å². The molecular formula is C17H16N6O2. The van der Waals surface area contributed by atoms with Gasteiger partial charge in [-0.05, 0) is 40.3 Å². The van der Waals surface area contributed by atoms with Crippen LogP contribution >= 0.6 is 0 Å². The molecule has 0 unspecified atom stereocenters. The van der Waals surface area contributed by atoms with Gasteiger partial charge in [0.2, 0.25) is 5.91 Å². The van der Waals surface area contributed by atoms with Crippen molar-refractivity contribution >= 4 is 17.5 Å². The lowest BCUT2D eigenvalue weighted by Gasteiger charge is -2.10. The zero-order valence-corrected chi connectivity index (χ0v) is 13.5. The van der Waals surface area contributed by atoms with Gasteiger partial charge in [-0.25, -0.2) is 4.68 Å². The predicted octanol–water partition coefficient (Wildman–Crippen LogP) is 1.20. The standard InChI is InChI=1S/C17H16N6O2/c1-18-17(25)14-4-2-3-5-15(14)20-16(24)10-12-6-8-13(9-7-12)23-11-19-21-22-23/h2-9,11H,10H2,1H3,(H,18,25)(H,20,24). The van der Waals surface area contributed by atoms with Gasteiger partial charge in [-0.15, -0.1) is 5.10 Å². The summed E-state index contributed by atoms with van der Waals surface area (Å²) < 4.78 is 1.53. The Kier molecular flexibility index (Phi) is 4.79. The minimum Gasteiger partial charge on any atom is -0.355 e. The van der Waals surface area contributed by atoms with E-state index < -0.39 is 0 Å². The van der Waals surface area contributed by atoms with Gasteiger partial charge in [-0.3, -0.25) is 9.59 Å². The number of para-hydroxylation sites is 1. The van der Waals surface area contributed by atoms with Gasteiger partial charge in [0.15, 0.2) is 0 Å². The van der Waals surface area contributed by atoms with E-state index in [1.54, 1.807) is 31.3 Å². The lowest BCUT2D eigenvalue weighted by atomic mass is 10.1. The fourth-order valence-corrected chi connectivity index (χ4v) is 2.35. The van der Waals surface area contributed by atoms with Gasteiger partial charge in [-0.1, -0.05) is 24.3 Å². The number of nitrogens with one attached hydrogen (secondary N) is 2. The Balaban J connectivity index is 1.68. The molecule has 3 aromatic rings. The molecule has 25 heavy (non-hydrogen) atoms. The molecule has 0 spiro atoms. The molecular weight excluding hydrogens is 320 g/mol. The van der Waals surface area contributed by atoms with Crippen molar-refractivity contribution in [2.75, 3.05) is 12.4 Å². The average Bonchev–Trinajstić information content (AvgIpc) is 3.17. The predicted molar refractivity (Wildman–Crippen MR) is 91.3 cm³/mol. The summed E-state index contributed by atoms with van der Waals surface area (Å²) in [6, 6.07) is 14.2. The number of tetrazole rings is 1. The van der Waals surface area contributed by atoms with Crippen molar-refractivity contribution in [1.29, 1.82) is 0 Å². The molecule has 0 aliphatic rings. The SMILES string of the molecule is CNC(=O)c1ccccc1NC(=O)Cc1ccc(-n2cnnn2)cc1. The smallest absolute Gasteiger partial charge is 0.253 e. The second kappa shape index (κ2) is 7.35. The third kappa shape index (κ3) is 3.86. The second-order valence-electron chi connectivity index (χ2n) is 5.27. The normalized spacial score (nSPS) is 10.3. The Bertz CT molecular complexity index is 874. The van der Waals surface area contributed by atoms with Crippen LogP contribution in [0.5, 0.6) is 0 Å². The molecule has 2 amide bonds. The van der Waals surface area contributed by atoms with Crippen LogP contribution in [0, 0.1) is 0 Å². The Morgan fingerprint density at radius 1 is 1.08 bits per heavy atom. The van der Waals surface area contributed by atoms with Crippen molar-refractivity contribution < 1.29 is 9.59 Å². The highest BCUT2D eigenvalue weighted by atomic mass is 16.2. The summed E-state index contributed by atoms with van der Waals surface area (Å²) in [5.41, 5.74) is 2.55. The molecule has 0 atom stereocenters. The van der Waals surface area contributed by atoms with Crippen molar-refractivity contribution in [3.8, 4) is 5.69 Å². The summed E-state index contributed by atoms with van der Waals surface area (Å²) in [4.78, 5) is 24.1. The number of nitrogens with zero attached hydrogens (tertiary/aromatic N) is 4. The first-order chi connectivity index (χ1) is 12.2. The van der Waals surface area contributed by atoms with Crippen LogP contribution in [0.3, 0.4) is 0 Å². The molecule has 0 saturated carbocycles. The molecule has 2 aromatic carbocycles. The second-order valence-corrected chi connectivity index (χ2v) is 5.27. The van der Waals surface area contributed by atoms with Crippen molar-refractivity contribution in [3.63, 3.8) is 0 Å². The van der Waals surface area contributed by atoms with E-state index in [1.807, 2.05) is 24.3 Å². The third-order valence-corrected chi connectivity index (χ3v) is 3.59. The number of rotatable bonds is 5. The molecule has 1 aromatic heterocycles. The van der Waals surface area contributed by atoms with Gasteiger partial charge in [0, 0.05) is 7.05 Å². The fraction of sp³-hybridized carbons (Fsp3) is 0.118. The van der Waals surface area contributed by atoms with Crippen LogP contribution < -0.4 is 10.6 Å². The minimum atomic E-state index is -0.248. The fourth-order valence-electron chi connectivity index (χ4n) is 2.35. The Hall–Kier alpha value is -3.55. The number of aromatic nitrogens is 4. The molecule has 3 rings (SSSR count). The van der Waals surface area contributed by atoms with Crippen molar-refractivity contribution in [2.24, 2.45) is 0 Å². The molecule has 8 nitrogen and oxygen atoms in total. The maximum absolute atomic E-state index is 12.3. The van der Waals surface area contributed by atoms with Crippen LogP contribution in [0.15, 0.2) is 54.9 Å². The number of carbonyl (C=O) groups excluding carboxylic acids is 2. The number of anilines is 1. The summed E-state index contributed by atoms with van der Waals surface area (Å²) in [6.45, 7) is 0. The van der Waals surface area contributed by atoms with E-state index in [-0.39, 0.29) is 18.2 Å². The summed E-state index contributed by atoms with van der Waals surface area (Å²) >= 11 is 0. The van der Waals surface area contributed by atoms with Crippen molar-refractivity contribution in [1.82, 2.24) is 25.5 Å². The molecule has 0 bridgehead atoms. The molecule has 126 valence electrons. The van der Waals surface area contributed by atoms with E-state index >= 15 is 0 Å². The molecule has 1 heterocycles. The highest BCUT2D eigenvalue weighted by Gasteiger charge is 2.12. The van der Waals surface area contributed by atoms with E-state index in [2.05, 4.69) is 26.2 Å². The first-order valence-electron chi connectivity index (χ1n) is 7.60. The molecule has 0 aliphatic heterocycles. The maximum atomic E-state index is 12.3. The number of hydrogen-bond acceptors (Lipinski definition) is 5. The topological polar surface area (TPSA) is 102 Å². The highest BCUT2D eigenvalue weighted by molar-refractivity contribution is 6.03. The van der Waals surface area contributed by atoms with E-state index in [4.69, 9.17) is 0 Å². The Morgan fingerprint density at radius 2 is 1.84 bits per heavy atom. The Morgan fingerprint density at radius 3 is 2.52 bits per heavy atom. The van der Waals surface area contributed by atoms with E-state index in [9.17, 15) is 9.59 Å². The molecule has 0 saturated heterocycles. The summed E-state index contributed by atoms with van der Waals surface area (Å²) in [7, 11) is 1.55. The molecule has 0 aliphatic carbocycles. The monoisotopic (exact) mass is 336 g/mol. The Labute approximate surface area is 143 Å². The maximum Gasteiger partial charge on any atom is 0.253 e. The van der Waals surface area contributed by atoms with E-state index in [0.717, 1.165) is 11.3 Å². The molecule has 8 heteroatoms. The molecule has 0 fully saturated rings. The lowest BCUT2D eigenvalue weighted by molar-refractivity contribution is -0.115. The first-order valence-corrected chi connectivity index (χ1v) is 7.60. The van der Waals surface area contributed by atoms with Gasteiger partial charge < -0.3 is 10.6 Å². The molecule has 0 radical (unpaired) electrons. The van der Waals surface area contributed by atoms with Crippen LogP contribution in [0.4, 0.5) is 5.69 Å².